The molecule has 2 saturated heterocycles. The van der Waals surface area contributed by atoms with Crippen molar-refractivity contribution in [3.05, 3.63) is 71.3 Å². The first-order chi connectivity index (χ1) is 14.1. The average molecular weight is 389 g/mol. The van der Waals surface area contributed by atoms with Crippen molar-refractivity contribution in [1.29, 1.82) is 5.26 Å². The highest BCUT2D eigenvalue weighted by molar-refractivity contribution is 5.94. The van der Waals surface area contributed by atoms with Crippen LogP contribution in [0.25, 0.3) is 0 Å². The van der Waals surface area contributed by atoms with Crippen LogP contribution in [0.5, 0.6) is 0 Å². The third-order valence-corrected chi connectivity index (χ3v) is 6.54. The van der Waals surface area contributed by atoms with E-state index in [9.17, 15) is 4.79 Å². The molecule has 0 saturated carbocycles. The topological polar surface area (TPSA) is 50.6 Å². The zero-order chi connectivity index (χ0) is 20.3. The zero-order valence-electron chi connectivity index (χ0n) is 17.1. The van der Waals surface area contributed by atoms with Crippen LogP contribution in [0.1, 0.15) is 34.3 Å². The van der Waals surface area contributed by atoms with Crippen LogP contribution in [0.2, 0.25) is 0 Å². The van der Waals surface area contributed by atoms with Gasteiger partial charge in [0.25, 0.3) is 5.91 Å². The molecular weight excluding hydrogens is 360 g/mol. The molecule has 2 aromatic rings. The van der Waals surface area contributed by atoms with E-state index in [0.717, 1.165) is 52.1 Å². The lowest BCUT2D eigenvalue weighted by molar-refractivity contribution is -0.00752. The Bertz CT molecular complexity index is 889. The first-order valence-electron chi connectivity index (χ1n) is 10.4. The molecule has 2 fully saturated rings. The van der Waals surface area contributed by atoms with Gasteiger partial charge in [0.2, 0.25) is 0 Å². The molecule has 2 aromatic carbocycles. The van der Waals surface area contributed by atoms with E-state index in [4.69, 9.17) is 5.26 Å². The number of amides is 1. The standard InChI is InChI=1S/C24H28N4O/c1-26-12-10-24(11-13-26,22-8-3-2-4-9-22)28-16-14-27(15-17-28)23(29)21-7-5-6-20(18-21)19-25/h2-9,18H,10-17H2,1H3. The zero-order valence-corrected chi connectivity index (χ0v) is 17.1. The quantitative estimate of drug-likeness (QED) is 0.811. The third-order valence-electron chi connectivity index (χ3n) is 6.54. The lowest BCUT2D eigenvalue weighted by Crippen LogP contribution is -2.59. The largest absolute Gasteiger partial charge is 0.336 e. The molecule has 1 amide bonds. The highest BCUT2D eigenvalue weighted by atomic mass is 16.2. The minimum atomic E-state index is 0.0267. The fourth-order valence-electron chi connectivity index (χ4n) is 4.77. The van der Waals surface area contributed by atoms with Crippen LogP contribution in [-0.2, 0) is 5.54 Å². The smallest absolute Gasteiger partial charge is 0.253 e. The summed E-state index contributed by atoms with van der Waals surface area (Å²) in [5, 5.41) is 9.10. The van der Waals surface area contributed by atoms with E-state index in [1.165, 1.54) is 5.56 Å². The first-order valence-corrected chi connectivity index (χ1v) is 10.4. The predicted molar refractivity (Wildman–Crippen MR) is 113 cm³/mol. The normalized spacial score (nSPS) is 20.2. The number of carbonyl (C=O) groups excluding carboxylic acids is 1. The maximum Gasteiger partial charge on any atom is 0.253 e. The van der Waals surface area contributed by atoms with Crippen molar-refractivity contribution in [2.45, 2.75) is 18.4 Å². The van der Waals surface area contributed by atoms with Gasteiger partial charge in [0, 0.05) is 37.3 Å². The summed E-state index contributed by atoms with van der Waals surface area (Å²) < 4.78 is 0. The molecule has 0 aliphatic carbocycles. The highest BCUT2D eigenvalue weighted by Gasteiger charge is 2.42. The Labute approximate surface area is 173 Å². The van der Waals surface area contributed by atoms with E-state index < -0.39 is 0 Å². The Morgan fingerprint density at radius 3 is 2.28 bits per heavy atom. The van der Waals surface area contributed by atoms with Crippen molar-refractivity contribution >= 4 is 5.91 Å². The Hall–Kier alpha value is -2.68. The summed E-state index contributed by atoms with van der Waals surface area (Å²) in [5.41, 5.74) is 2.59. The fourth-order valence-corrected chi connectivity index (χ4v) is 4.77. The average Bonchev–Trinajstić information content (AvgIpc) is 2.80. The van der Waals surface area contributed by atoms with Crippen LogP contribution >= 0.6 is 0 Å². The van der Waals surface area contributed by atoms with Gasteiger partial charge < -0.3 is 9.80 Å². The van der Waals surface area contributed by atoms with Crippen LogP contribution in [0.3, 0.4) is 0 Å². The second kappa shape index (κ2) is 8.36. The molecule has 2 aliphatic rings. The third kappa shape index (κ3) is 3.91. The van der Waals surface area contributed by atoms with Crippen LogP contribution in [0, 0.1) is 11.3 Å². The van der Waals surface area contributed by atoms with Crippen LogP contribution < -0.4 is 0 Å². The second-order valence-corrected chi connectivity index (χ2v) is 8.17. The number of likely N-dealkylation sites (tertiary alicyclic amines) is 1. The van der Waals surface area contributed by atoms with E-state index in [2.05, 4.69) is 53.2 Å². The monoisotopic (exact) mass is 388 g/mol. The van der Waals surface area contributed by atoms with Gasteiger partial charge >= 0.3 is 0 Å². The van der Waals surface area contributed by atoms with Gasteiger partial charge in [-0.2, -0.15) is 5.26 Å². The lowest BCUT2D eigenvalue weighted by atomic mass is 9.79. The molecule has 0 aromatic heterocycles. The van der Waals surface area contributed by atoms with Gasteiger partial charge in [0.1, 0.15) is 0 Å². The molecule has 0 bridgehead atoms. The molecule has 5 heteroatoms. The number of piperidine rings is 1. The number of hydrogen-bond acceptors (Lipinski definition) is 4. The molecule has 2 aliphatic heterocycles. The molecule has 2 heterocycles. The van der Waals surface area contributed by atoms with Crippen molar-refractivity contribution in [2.75, 3.05) is 46.3 Å². The van der Waals surface area contributed by atoms with E-state index in [0.29, 0.717) is 11.1 Å². The molecule has 0 N–H and O–H groups in total. The van der Waals surface area contributed by atoms with Crippen molar-refractivity contribution < 1.29 is 4.79 Å². The maximum atomic E-state index is 12.9. The number of rotatable bonds is 3. The Kier molecular flexibility index (Phi) is 5.66. The number of piperazine rings is 1. The summed E-state index contributed by atoms with van der Waals surface area (Å²) in [6.45, 7) is 5.38. The number of carbonyl (C=O) groups is 1. The Morgan fingerprint density at radius 2 is 1.62 bits per heavy atom. The fraction of sp³-hybridized carbons (Fsp3) is 0.417. The molecule has 4 rings (SSSR count). The molecular formula is C24H28N4O. The minimum absolute atomic E-state index is 0.0267. The minimum Gasteiger partial charge on any atom is -0.336 e. The summed E-state index contributed by atoms with van der Waals surface area (Å²) in [4.78, 5) is 19.9. The van der Waals surface area contributed by atoms with Crippen molar-refractivity contribution in [2.24, 2.45) is 0 Å². The molecule has 0 spiro atoms. The SMILES string of the molecule is CN1CCC(c2ccccc2)(N2CCN(C(=O)c3cccc(C#N)c3)CC2)CC1. The van der Waals surface area contributed by atoms with Gasteiger partial charge in [0.15, 0.2) is 0 Å². The highest BCUT2D eigenvalue weighted by Crippen LogP contribution is 2.39. The number of benzene rings is 2. The lowest BCUT2D eigenvalue weighted by Gasteiger charge is -2.51. The van der Waals surface area contributed by atoms with Gasteiger partial charge in [-0.3, -0.25) is 9.69 Å². The number of nitrogens with zero attached hydrogens (tertiary/aromatic N) is 4. The van der Waals surface area contributed by atoms with Gasteiger partial charge in [-0.25, -0.2) is 0 Å². The van der Waals surface area contributed by atoms with Crippen LogP contribution in [0.4, 0.5) is 0 Å². The molecule has 5 nitrogen and oxygen atoms in total. The summed E-state index contributed by atoms with van der Waals surface area (Å²) in [6, 6.07) is 20.0. The summed E-state index contributed by atoms with van der Waals surface area (Å²) in [7, 11) is 2.20. The molecule has 150 valence electrons. The Morgan fingerprint density at radius 1 is 0.931 bits per heavy atom. The van der Waals surface area contributed by atoms with Crippen LogP contribution in [-0.4, -0.2) is 66.9 Å². The second-order valence-electron chi connectivity index (χ2n) is 8.17. The predicted octanol–water partition coefficient (Wildman–Crippen LogP) is 2.94. The van der Waals surface area contributed by atoms with E-state index in [-0.39, 0.29) is 11.4 Å². The molecule has 0 atom stereocenters. The first kappa shape index (κ1) is 19.6. The van der Waals surface area contributed by atoms with Gasteiger partial charge in [-0.15, -0.1) is 0 Å². The summed E-state index contributed by atoms with van der Waals surface area (Å²) in [5.74, 6) is 0.0267. The summed E-state index contributed by atoms with van der Waals surface area (Å²) in [6.07, 6.45) is 2.23. The van der Waals surface area contributed by atoms with Crippen molar-refractivity contribution in [3.63, 3.8) is 0 Å². The summed E-state index contributed by atoms with van der Waals surface area (Å²) >= 11 is 0. The van der Waals surface area contributed by atoms with E-state index in [1.807, 2.05) is 4.90 Å². The number of nitriles is 1. The van der Waals surface area contributed by atoms with E-state index >= 15 is 0 Å². The Balaban J connectivity index is 1.50. The molecule has 29 heavy (non-hydrogen) atoms. The van der Waals surface area contributed by atoms with Crippen molar-refractivity contribution in [1.82, 2.24) is 14.7 Å². The van der Waals surface area contributed by atoms with Gasteiger partial charge in [0.05, 0.1) is 11.6 Å². The van der Waals surface area contributed by atoms with Crippen molar-refractivity contribution in [3.8, 4) is 6.07 Å². The maximum absolute atomic E-state index is 12.9. The van der Waals surface area contributed by atoms with Gasteiger partial charge in [-0.05, 0) is 56.7 Å². The molecule has 0 unspecified atom stereocenters. The van der Waals surface area contributed by atoms with Crippen LogP contribution in [0.15, 0.2) is 54.6 Å². The number of hydrogen-bond donors (Lipinski definition) is 0. The molecule has 0 radical (unpaired) electrons. The van der Waals surface area contributed by atoms with Gasteiger partial charge in [-0.1, -0.05) is 36.4 Å². The van der Waals surface area contributed by atoms with E-state index in [1.54, 1.807) is 24.3 Å².